The fourth-order valence-electron chi connectivity index (χ4n) is 2.42. The number of nitrogens with one attached hydrogen (secondary N) is 2. The van der Waals surface area contributed by atoms with Gasteiger partial charge in [0.15, 0.2) is 0 Å². The zero-order valence-electron chi connectivity index (χ0n) is 12.9. The number of carbonyl (C=O) groups is 2. The quantitative estimate of drug-likeness (QED) is 0.714. The number of hydrogen-bond donors (Lipinski definition) is 3. The van der Waals surface area contributed by atoms with Crippen molar-refractivity contribution in [2.75, 3.05) is 11.9 Å². The second kappa shape index (κ2) is 8.76. The highest BCUT2D eigenvalue weighted by atomic mass is 35.5. The summed E-state index contributed by atoms with van der Waals surface area (Å²) in [6, 6.07) is 6.13. The molecular formula is C16H24ClN3O2. The molecule has 0 bridgehead atoms. The fraction of sp³-hybridized carbons (Fsp3) is 0.500. The van der Waals surface area contributed by atoms with Crippen LogP contribution in [0.25, 0.3) is 0 Å². The minimum atomic E-state index is 0. The van der Waals surface area contributed by atoms with E-state index in [0.717, 1.165) is 30.5 Å². The summed E-state index contributed by atoms with van der Waals surface area (Å²) in [6.07, 6.45) is 3.44. The number of fused-ring (bicyclic) bond motifs is 1. The van der Waals surface area contributed by atoms with Gasteiger partial charge in [-0.1, -0.05) is 12.1 Å². The van der Waals surface area contributed by atoms with Gasteiger partial charge in [0.25, 0.3) is 0 Å². The number of benzene rings is 1. The van der Waals surface area contributed by atoms with Crippen LogP contribution in [-0.4, -0.2) is 24.4 Å². The number of hydrogen-bond acceptors (Lipinski definition) is 3. The molecule has 1 unspecified atom stereocenters. The third-order valence-corrected chi connectivity index (χ3v) is 3.59. The maximum Gasteiger partial charge on any atom is 0.228 e. The molecule has 0 spiro atoms. The Morgan fingerprint density at radius 1 is 1.45 bits per heavy atom. The molecule has 0 saturated carbocycles. The molecule has 4 N–H and O–H groups in total. The number of halogens is 1. The maximum atomic E-state index is 11.6. The number of aryl methyl sites for hydroxylation is 1. The number of nitrogens with two attached hydrogens (primary N) is 1. The minimum Gasteiger partial charge on any atom is -0.356 e. The molecule has 1 heterocycles. The molecule has 122 valence electrons. The Hall–Kier alpha value is -1.59. The van der Waals surface area contributed by atoms with E-state index in [1.807, 2.05) is 19.1 Å². The van der Waals surface area contributed by atoms with Crippen molar-refractivity contribution < 1.29 is 9.59 Å². The Morgan fingerprint density at radius 2 is 2.23 bits per heavy atom. The minimum absolute atomic E-state index is 0. The lowest BCUT2D eigenvalue weighted by Gasteiger charge is -2.07. The first kappa shape index (κ1) is 18.5. The zero-order chi connectivity index (χ0) is 15.2. The highest BCUT2D eigenvalue weighted by molar-refractivity contribution is 5.99. The van der Waals surface area contributed by atoms with Crippen LogP contribution in [0.2, 0.25) is 0 Å². The van der Waals surface area contributed by atoms with E-state index in [9.17, 15) is 9.59 Å². The second-order valence-corrected chi connectivity index (χ2v) is 5.69. The van der Waals surface area contributed by atoms with Gasteiger partial charge in [0.1, 0.15) is 0 Å². The standard InChI is InChI=1S/C16H23N3O2.ClH/c1-11(17)7-8-18-15(20)4-2-3-12-5-6-14-13(9-12)10-16(21)19-14;/h5-6,9,11H,2-4,7-8,10,17H2,1H3,(H,18,20)(H,19,21);1H. The van der Waals surface area contributed by atoms with Gasteiger partial charge >= 0.3 is 0 Å². The maximum absolute atomic E-state index is 11.6. The van der Waals surface area contributed by atoms with Crippen molar-refractivity contribution >= 4 is 29.9 Å². The van der Waals surface area contributed by atoms with Crippen LogP contribution in [0.15, 0.2) is 18.2 Å². The summed E-state index contributed by atoms with van der Waals surface area (Å²) in [5.74, 6) is 0.129. The molecule has 0 aromatic heterocycles. The molecule has 0 saturated heterocycles. The average molecular weight is 326 g/mol. The molecule has 1 atom stereocenters. The molecule has 5 nitrogen and oxygen atoms in total. The second-order valence-electron chi connectivity index (χ2n) is 5.69. The molecule has 1 aliphatic rings. The predicted molar refractivity (Wildman–Crippen MR) is 90.2 cm³/mol. The van der Waals surface area contributed by atoms with Gasteiger partial charge in [0.05, 0.1) is 6.42 Å². The van der Waals surface area contributed by atoms with Gasteiger partial charge in [0.2, 0.25) is 11.8 Å². The van der Waals surface area contributed by atoms with E-state index in [4.69, 9.17) is 5.73 Å². The topological polar surface area (TPSA) is 84.2 Å². The first-order chi connectivity index (χ1) is 10.0. The van der Waals surface area contributed by atoms with Gasteiger partial charge in [-0.3, -0.25) is 9.59 Å². The molecule has 0 aliphatic carbocycles. The lowest BCUT2D eigenvalue weighted by atomic mass is 10.0. The summed E-state index contributed by atoms with van der Waals surface area (Å²) in [5, 5.41) is 5.69. The number of anilines is 1. The average Bonchev–Trinajstić information content (AvgIpc) is 2.77. The van der Waals surface area contributed by atoms with Crippen molar-refractivity contribution in [1.29, 1.82) is 0 Å². The summed E-state index contributed by atoms with van der Waals surface area (Å²) < 4.78 is 0. The SMILES string of the molecule is CC(N)CCNC(=O)CCCc1ccc2c(c1)CC(=O)N2.Cl. The molecule has 0 fully saturated rings. The fourth-order valence-corrected chi connectivity index (χ4v) is 2.42. The van der Waals surface area contributed by atoms with Crippen LogP contribution in [0.4, 0.5) is 5.69 Å². The Balaban J connectivity index is 0.00000242. The molecular weight excluding hydrogens is 302 g/mol. The van der Waals surface area contributed by atoms with E-state index >= 15 is 0 Å². The van der Waals surface area contributed by atoms with Crippen molar-refractivity contribution in [3.63, 3.8) is 0 Å². The predicted octanol–water partition coefficient (Wildman–Crippen LogP) is 1.78. The van der Waals surface area contributed by atoms with Crippen molar-refractivity contribution in [2.24, 2.45) is 5.73 Å². The van der Waals surface area contributed by atoms with Crippen molar-refractivity contribution in [3.8, 4) is 0 Å². The third-order valence-electron chi connectivity index (χ3n) is 3.59. The summed E-state index contributed by atoms with van der Waals surface area (Å²) in [4.78, 5) is 22.9. The largest absolute Gasteiger partial charge is 0.356 e. The molecule has 2 amide bonds. The van der Waals surface area contributed by atoms with E-state index in [2.05, 4.69) is 16.7 Å². The molecule has 1 aliphatic heterocycles. The lowest BCUT2D eigenvalue weighted by Crippen LogP contribution is -2.28. The van der Waals surface area contributed by atoms with Crippen LogP contribution in [0.5, 0.6) is 0 Å². The Labute approximate surface area is 137 Å². The molecule has 0 radical (unpaired) electrons. The first-order valence-electron chi connectivity index (χ1n) is 7.48. The summed E-state index contributed by atoms with van der Waals surface area (Å²) in [5.41, 5.74) is 8.77. The van der Waals surface area contributed by atoms with Gasteiger partial charge in [-0.05, 0) is 43.4 Å². The van der Waals surface area contributed by atoms with Gasteiger partial charge in [-0.2, -0.15) is 0 Å². The van der Waals surface area contributed by atoms with Gasteiger partial charge in [0, 0.05) is 24.7 Å². The molecule has 1 aromatic carbocycles. The van der Waals surface area contributed by atoms with Crippen LogP contribution in [0.1, 0.15) is 37.3 Å². The summed E-state index contributed by atoms with van der Waals surface area (Å²) in [6.45, 7) is 2.57. The number of amides is 2. The Morgan fingerprint density at radius 3 is 2.95 bits per heavy atom. The normalized spacial score (nSPS) is 13.8. The molecule has 22 heavy (non-hydrogen) atoms. The third kappa shape index (κ3) is 5.66. The van der Waals surface area contributed by atoms with Gasteiger partial charge < -0.3 is 16.4 Å². The number of carbonyl (C=O) groups excluding carboxylic acids is 2. The monoisotopic (exact) mass is 325 g/mol. The van der Waals surface area contributed by atoms with Crippen molar-refractivity contribution in [1.82, 2.24) is 5.32 Å². The smallest absolute Gasteiger partial charge is 0.228 e. The van der Waals surface area contributed by atoms with Gasteiger partial charge in [-0.15, -0.1) is 12.4 Å². The first-order valence-corrected chi connectivity index (χ1v) is 7.48. The highest BCUT2D eigenvalue weighted by Crippen LogP contribution is 2.24. The lowest BCUT2D eigenvalue weighted by molar-refractivity contribution is -0.121. The highest BCUT2D eigenvalue weighted by Gasteiger charge is 2.17. The molecule has 2 rings (SSSR count). The van der Waals surface area contributed by atoms with Crippen molar-refractivity contribution in [3.05, 3.63) is 29.3 Å². The molecule has 1 aromatic rings. The van der Waals surface area contributed by atoms with E-state index in [-0.39, 0.29) is 30.3 Å². The summed E-state index contributed by atoms with van der Waals surface area (Å²) in [7, 11) is 0. The van der Waals surface area contributed by atoms with Crippen LogP contribution in [-0.2, 0) is 22.4 Å². The van der Waals surface area contributed by atoms with Crippen LogP contribution >= 0.6 is 12.4 Å². The van der Waals surface area contributed by atoms with E-state index < -0.39 is 0 Å². The van der Waals surface area contributed by atoms with Crippen LogP contribution in [0.3, 0.4) is 0 Å². The van der Waals surface area contributed by atoms with Crippen molar-refractivity contribution in [2.45, 2.75) is 45.1 Å². The van der Waals surface area contributed by atoms with E-state index in [1.165, 1.54) is 5.56 Å². The van der Waals surface area contributed by atoms with Gasteiger partial charge in [-0.25, -0.2) is 0 Å². The van der Waals surface area contributed by atoms with E-state index in [1.54, 1.807) is 0 Å². The summed E-state index contributed by atoms with van der Waals surface area (Å²) >= 11 is 0. The number of rotatable bonds is 7. The zero-order valence-corrected chi connectivity index (χ0v) is 13.7. The Kier molecular flexibility index (Phi) is 7.35. The van der Waals surface area contributed by atoms with Crippen LogP contribution < -0.4 is 16.4 Å². The molecule has 6 heteroatoms. The van der Waals surface area contributed by atoms with E-state index in [0.29, 0.717) is 19.4 Å². The Bertz CT molecular complexity index is 532. The van der Waals surface area contributed by atoms with Crippen LogP contribution in [0, 0.1) is 0 Å².